The van der Waals surface area contributed by atoms with Crippen molar-refractivity contribution in [1.82, 2.24) is 0 Å². The van der Waals surface area contributed by atoms with Crippen molar-refractivity contribution in [2.24, 2.45) is 10.5 Å². The van der Waals surface area contributed by atoms with Gasteiger partial charge in [0.2, 0.25) is 0 Å². The third kappa shape index (κ3) is 4.40. The zero-order valence-corrected chi connectivity index (χ0v) is 19.1. The van der Waals surface area contributed by atoms with Crippen molar-refractivity contribution in [3.05, 3.63) is 99.7 Å². The van der Waals surface area contributed by atoms with E-state index in [0.717, 1.165) is 33.8 Å². The molecule has 152 valence electrons. The lowest BCUT2D eigenvalue weighted by molar-refractivity contribution is 0.514. The molecule has 2 aromatic carbocycles. The molecule has 0 heterocycles. The second-order valence-corrected chi connectivity index (χ2v) is 9.17. The van der Waals surface area contributed by atoms with Crippen LogP contribution in [0.15, 0.2) is 82.2 Å². The molecule has 0 spiro atoms. The van der Waals surface area contributed by atoms with Gasteiger partial charge in [-0.3, -0.25) is 0 Å². The Morgan fingerprint density at radius 1 is 0.967 bits per heavy atom. The monoisotopic (exact) mass is 395 g/mol. The van der Waals surface area contributed by atoms with Crippen LogP contribution in [0.25, 0.3) is 16.8 Å². The number of hydrogen-bond donors (Lipinski definition) is 1. The summed E-state index contributed by atoms with van der Waals surface area (Å²) in [5.41, 5.74) is 21.1. The van der Waals surface area contributed by atoms with Crippen LogP contribution in [-0.2, 0) is 0 Å². The normalized spacial score (nSPS) is 14.1. The molecule has 0 fully saturated rings. The number of nitrogens with one attached hydrogen (secondary N) is 1. The maximum Gasteiger partial charge on any atom is 0.186 e. The van der Waals surface area contributed by atoms with E-state index in [1.165, 1.54) is 16.7 Å². The summed E-state index contributed by atoms with van der Waals surface area (Å²) >= 11 is 0. The van der Waals surface area contributed by atoms with Crippen molar-refractivity contribution < 1.29 is 0 Å². The summed E-state index contributed by atoms with van der Waals surface area (Å²) in [7, 11) is 0. The minimum Gasteiger partial charge on any atom is -0.203 e. The number of nitrogens with zero attached hydrogens (tertiary/aromatic N) is 1. The van der Waals surface area contributed by atoms with E-state index in [0.29, 0.717) is 5.70 Å². The van der Waals surface area contributed by atoms with Gasteiger partial charge in [-0.05, 0) is 70.7 Å². The van der Waals surface area contributed by atoms with Crippen molar-refractivity contribution in [3.8, 4) is 11.1 Å². The maximum absolute atomic E-state index is 7.87. The number of rotatable bonds is 3. The molecule has 0 amide bonds. The highest BCUT2D eigenvalue weighted by molar-refractivity contribution is 5.76. The third-order valence-corrected chi connectivity index (χ3v) is 5.63. The van der Waals surface area contributed by atoms with Gasteiger partial charge in [-0.2, -0.15) is 0 Å². The Bertz CT molecular complexity index is 1080. The van der Waals surface area contributed by atoms with Crippen molar-refractivity contribution in [2.45, 2.75) is 48.5 Å². The van der Waals surface area contributed by atoms with Crippen molar-refractivity contribution in [1.29, 1.82) is 5.53 Å². The van der Waals surface area contributed by atoms with Gasteiger partial charge >= 0.3 is 0 Å². The molecule has 0 aromatic heterocycles. The molecule has 1 aliphatic carbocycles. The summed E-state index contributed by atoms with van der Waals surface area (Å²) < 4.78 is 0. The maximum atomic E-state index is 7.87. The van der Waals surface area contributed by atoms with Gasteiger partial charge in [0.1, 0.15) is 0 Å². The highest BCUT2D eigenvalue weighted by Crippen LogP contribution is 2.38. The van der Waals surface area contributed by atoms with Crippen LogP contribution >= 0.6 is 0 Å². The zero-order chi connectivity index (χ0) is 22.1. The predicted molar refractivity (Wildman–Crippen MR) is 127 cm³/mol. The lowest BCUT2D eigenvalue weighted by Crippen LogP contribution is -2.13. The van der Waals surface area contributed by atoms with Gasteiger partial charge in [-0.15, -0.1) is 5.11 Å². The fourth-order valence-electron chi connectivity index (χ4n) is 3.99. The predicted octanol–water partition coefficient (Wildman–Crippen LogP) is 8.39. The first-order chi connectivity index (χ1) is 14.1. The van der Waals surface area contributed by atoms with Gasteiger partial charge in [0, 0.05) is 34.4 Å². The van der Waals surface area contributed by atoms with Gasteiger partial charge in [0.15, 0.2) is 11.3 Å². The Kier molecular flexibility index (Phi) is 6.01. The summed E-state index contributed by atoms with van der Waals surface area (Å²) in [5, 5.41) is 3.89. The number of aryl methyl sites for hydroxylation is 2. The molecule has 30 heavy (non-hydrogen) atoms. The highest BCUT2D eigenvalue weighted by atomic mass is 15.0. The molecule has 0 saturated heterocycles. The van der Waals surface area contributed by atoms with Crippen LogP contribution in [0.3, 0.4) is 0 Å². The highest BCUT2D eigenvalue weighted by Gasteiger charge is 2.29. The molecule has 1 N–H and O–H groups in total. The van der Waals surface area contributed by atoms with Gasteiger partial charge in [0.25, 0.3) is 0 Å². The first-order valence-electron chi connectivity index (χ1n) is 10.4. The molecule has 0 saturated carbocycles. The van der Waals surface area contributed by atoms with E-state index in [4.69, 9.17) is 5.53 Å². The molecule has 0 unspecified atom stereocenters. The van der Waals surface area contributed by atoms with Gasteiger partial charge < -0.3 is 0 Å². The lowest BCUT2D eigenvalue weighted by Gasteiger charge is -2.21. The van der Waals surface area contributed by atoms with E-state index in [-0.39, 0.29) is 5.41 Å². The zero-order valence-electron chi connectivity index (χ0n) is 19.1. The molecule has 0 radical (unpaired) electrons. The van der Waals surface area contributed by atoms with Crippen molar-refractivity contribution in [2.75, 3.05) is 0 Å². The van der Waals surface area contributed by atoms with Crippen LogP contribution in [0, 0.1) is 30.7 Å². The average Bonchev–Trinajstić information content (AvgIpc) is 2.68. The second-order valence-electron chi connectivity index (χ2n) is 9.17. The fraction of sp³-hybridized carbons (Fsp3) is 0.286. The first-order valence-corrected chi connectivity index (χ1v) is 10.4. The second kappa shape index (κ2) is 8.34. The Morgan fingerprint density at radius 2 is 1.57 bits per heavy atom. The van der Waals surface area contributed by atoms with Crippen LogP contribution in [0.4, 0.5) is 0 Å². The summed E-state index contributed by atoms with van der Waals surface area (Å²) in [4.78, 5) is 0. The van der Waals surface area contributed by atoms with E-state index in [9.17, 15) is 0 Å². The van der Waals surface area contributed by atoms with Gasteiger partial charge in [0.05, 0.1) is 11.5 Å². The smallest absolute Gasteiger partial charge is 0.186 e. The molecule has 2 aromatic rings. The summed E-state index contributed by atoms with van der Waals surface area (Å²) in [6.07, 6.45) is 4.46. The third-order valence-electron chi connectivity index (χ3n) is 5.63. The number of allylic oxidation sites excluding steroid dienone is 5. The lowest BCUT2D eigenvalue weighted by atomic mass is 9.77. The standard InChI is InChI=1S/C28H31N2/c1-18-15-24(28(5,6)7)16-19(2)25(18)17-26(30-29)27-20(3)13-23(14-21(27)4)22-11-9-8-10-12-22/h8-16,29H,1-7H3/q+1. The molecular formula is C28H31N2+. The molecular weight excluding hydrogens is 364 g/mol. The van der Waals surface area contributed by atoms with Crippen molar-refractivity contribution in [3.63, 3.8) is 0 Å². The minimum absolute atomic E-state index is 0.0981. The fourth-order valence-corrected chi connectivity index (χ4v) is 3.99. The number of hydrogen-bond acceptors (Lipinski definition) is 2. The largest absolute Gasteiger partial charge is 0.203 e. The molecule has 0 atom stereocenters. The number of benzene rings is 2. The molecule has 2 nitrogen and oxygen atoms in total. The van der Waals surface area contributed by atoms with Crippen molar-refractivity contribution >= 4 is 5.70 Å². The van der Waals surface area contributed by atoms with Crippen LogP contribution in [0.2, 0.25) is 0 Å². The summed E-state index contributed by atoms with van der Waals surface area (Å²) in [6.45, 7) is 15.1. The van der Waals surface area contributed by atoms with Crippen LogP contribution in [0.1, 0.15) is 51.3 Å². The minimum atomic E-state index is 0.0981. The topological polar surface area (TPSA) is 36.2 Å². The summed E-state index contributed by atoms with van der Waals surface area (Å²) in [6, 6.07) is 14.7. The SMILES string of the molecule is CC1=CC(C(C)(C)C)=C[C+](C)C1=C=C(N=N)c1c(C)cc(-c2ccccc2)cc1C. The summed E-state index contributed by atoms with van der Waals surface area (Å²) in [5.74, 6) is 1.16. The van der Waals surface area contributed by atoms with Crippen LogP contribution in [0.5, 0.6) is 0 Å². The average molecular weight is 396 g/mol. The first kappa shape index (κ1) is 21.6. The molecule has 2 heteroatoms. The van der Waals surface area contributed by atoms with Crippen LogP contribution in [-0.4, -0.2) is 0 Å². The van der Waals surface area contributed by atoms with E-state index in [2.05, 4.69) is 108 Å². The Hall–Kier alpha value is -3.09. The molecule has 0 aliphatic heterocycles. The molecule has 0 bridgehead atoms. The van der Waals surface area contributed by atoms with Gasteiger partial charge in [-0.1, -0.05) is 42.5 Å². The van der Waals surface area contributed by atoms with E-state index in [1.54, 1.807) is 0 Å². The van der Waals surface area contributed by atoms with E-state index < -0.39 is 0 Å². The van der Waals surface area contributed by atoms with Gasteiger partial charge in [-0.25, -0.2) is 5.53 Å². The van der Waals surface area contributed by atoms with Crippen LogP contribution < -0.4 is 0 Å². The van der Waals surface area contributed by atoms with E-state index >= 15 is 0 Å². The van der Waals surface area contributed by atoms with E-state index in [1.807, 2.05) is 6.07 Å². The Labute approximate surface area is 181 Å². The molecule has 3 rings (SSSR count). The molecule has 1 aliphatic rings. The Morgan fingerprint density at radius 3 is 2.07 bits per heavy atom. The quantitative estimate of drug-likeness (QED) is 0.308. The Balaban J connectivity index is 2.13.